The van der Waals surface area contributed by atoms with Crippen molar-refractivity contribution < 1.29 is 9.53 Å². The molecule has 0 spiro atoms. The number of methoxy groups -OCH3 is 1. The number of carbonyl (C=O) groups is 1. The number of fused-ring (bicyclic) bond motifs is 3. The molecule has 25 heavy (non-hydrogen) atoms. The molecule has 1 N–H and O–H groups in total. The first-order valence-electron chi connectivity index (χ1n) is 8.17. The summed E-state index contributed by atoms with van der Waals surface area (Å²) in [4.78, 5) is 18.8. The Kier molecular flexibility index (Phi) is 3.76. The highest BCUT2D eigenvalue weighted by atomic mass is 16.5. The fourth-order valence-electron chi connectivity index (χ4n) is 3.11. The Labute approximate surface area is 145 Å². The molecule has 0 atom stereocenters. The van der Waals surface area contributed by atoms with Crippen LogP contribution in [0.15, 0.2) is 36.5 Å². The minimum Gasteiger partial charge on any atom is -0.497 e. The van der Waals surface area contributed by atoms with Crippen molar-refractivity contribution in [2.45, 2.75) is 19.9 Å². The Morgan fingerprint density at radius 2 is 2.08 bits per heavy atom. The quantitative estimate of drug-likeness (QED) is 0.780. The third kappa shape index (κ3) is 2.88. The number of aromatic nitrogens is 3. The van der Waals surface area contributed by atoms with Gasteiger partial charge in [-0.25, -0.2) is 14.3 Å². The molecule has 0 saturated carbocycles. The summed E-state index contributed by atoms with van der Waals surface area (Å²) in [7, 11) is 1.62. The summed E-state index contributed by atoms with van der Waals surface area (Å²) in [5.74, 6) is 0.759. The molecule has 2 amide bonds. The molecule has 0 aliphatic carbocycles. The lowest BCUT2D eigenvalue weighted by Gasteiger charge is -2.28. The summed E-state index contributed by atoms with van der Waals surface area (Å²) in [6.07, 6.45) is 2.60. The van der Waals surface area contributed by atoms with Gasteiger partial charge in [-0.05, 0) is 31.2 Å². The van der Waals surface area contributed by atoms with Crippen LogP contribution in [0, 0.1) is 6.92 Å². The monoisotopic (exact) mass is 337 g/mol. The van der Waals surface area contributed by atoms with Gasteiger partial charge in [-0.3, -0.25) is 0 Å². The second-order valence-corrected chi connectivity index (χ2v) is 6.12. The van der Waals surface area contributed by atoms with Gasteiger partial charge in [-0.15, -0.1) is 0 Å². The first-order valence-corrected chi connectivity index (χ1v) is 8.17. The van der Waals surface area contributed by atoms with Crippen molar-refractivity contribution in [2.24, 2.45) is 0 Å². The molecule has 128 valence electrons. The highest BCUT2D eigenvalue weighted by Crippen LogP contribution is 2.21. The van der Waals surface area contributed by atoms with E-state index in [1.54, 1.807) is 12.0 Å². The Hall–Kier alpha value is -3.09. The number of anilines is 1. The van der Waals surface area contributed by atoms with Crippen molar-refractivity contribution in [2.75, 3.05) is 19.0 Å². The van der Waals surface area contributed by atoms with Gasteiger partial charge >= 0.3 is 6.03 Å². The second kappa shape index (κ2) is 6.08. The number of benzene rings is 1. The van der Waals surface area contributed by atoms with Gasteiger partial charge < -0.3 is 15.0 Å². The van der Waals surface area contributed by atoms with E-state index in [0.29, 0.717) is 13.1 Å². The van der Waals surface area contributed by atoms with Crippen molar-refractivity contribution >= 4 is 17.4 Å². The largest absolute Gasteiger partial charge is 0.497 e. The van der Waals surface area contributed by atoms with E-state index in [1.165, 1.54) is 0 Å². The summed E-state index contributed by atoms with van der Waals surface area (Å²) < 4.78 is 7.02. The molecule has 4 rings (SSSR count). The topological polar surface area (TPSA) is 71.8 Å². The predicted octanol–water partition coefficient (Wildman–Crippen LogP) is 2.64. The van der Waals surface area contributed by atoms with Crippen molar-refractivity contribution in [3.8, 4) is 5.75 Å². The van der Waals surface area contributed by atoms with E-state index in [0.717, 1.165) is 40.5 Å². The average Bonchev–Trinajstić information content (AvgIpc) is 3.02. The predicted molar refractivity (Wildman–Crippen MR) is 93.9 cm³/mol. The molecule has 0 radical (unpaired) electrons. The summed E-state index contributed by atoms with van der Waals surface area (Å²) in [6.45, 7) is 3.13. The summed E-state index contributed by atoms with van der Waals surface area (Å²) in [5, 5.41) is 7.43. The van der Waals surface area contributed by atoms with Crippen LogP contribution < -0.4 is 10.1 Å². The molecular weight excluding hydrogens is 318 g/mol. The van der Waals surface area contributed by atoms with Gasteiger partial charge in [-0.1, -0.05) is 0 Å². The lowest BCUT2D eigenvalue weighted by molar-refractivity contribution is 0.205. The second-order valence-electron chi connectivity index (χ2n) is 6.12. The van der Waals surface area contributed by atoms with Crippen LogP contribution in [-0.2, 0) is 13.0 Å². The van der Waals surface area contributed by atoms with E-state index in [-0.39, 0.29) is 6.03 Å². The van der Waals surface area contributed by atoms with Crippen molar-refractivity contribution in [3.05, 3.63) is 53.5 Å². The van der Waals surface area contributed by atoms with Gasteiger partial charge in [0.05, 0.1) is 25.0 Å². The number of ether oxygens (including phenoxy) is 1. The van der Waals surface area contributed by atoms with Crippen LogP contribution in [0.1, 0.15) is 17.0 Å². The van der Waals surface area contributed by atoms with Crippen molar-refractivity contribution in [1.29, 1.82) is 0 Å². The molecule has 7 heteroatoms. The fourth-order valence-corrected chi connectivity index (χ4v) is 3.11. The van der Waals surface area contributed by atoms with Crippen LogP contribution in [0.2, 0.25) is 0 Å². The molecule has 0 bridgehead atoms. The number of aryl methyl sites for hydroxylation is 1. The number of rotatable bonds is 2. The maximum absolute atomic E-state index is 12.5. The highest BCUT2D eigenvalue weighted by Gasteiger charge is 2.23. The smallest absolute Gasteiger partial charge is 0.322 e. The van der Waals surface area contributed by atoms with E-state index in [2.05, 4.69) is 15.4 Å². The van der Waals surface area contributed by atoms with Gasteiger partial charge in [0.25, 0.3) is 0 Å². The normalized spacial score (nSPS) is 13.6. The summed E-state index contributed by atoms with van der Waals surface area (Å²) >= 11 is 0. The molecule has 1 aliphatic heterocycles. The molecule has 0 fully saturated rings. The SMILES string of the molecule is COc1ccc(NC(=O)N2CCc3c(cnc4cc(C)nn34)C2)cc1. The van der Waals surface area contributed by atoms with Gasteiger partial charge in [0.2, 0.25) is 0 Å². The molecule has 7 nitrogen and oxygen atoms in total. The fraction of sp³-hybridized carbons (Fsp3) is 0.278. The average molecular weight is 337 g/mol. The molecule has 0 unspecified atom stereocenters. The molecule has 3 aromatic rings. The number of amides is 2. The van der Waals surface area contributed by atoms with Crippen molar-refractivity contribution in [1.82, 2.24) is 19.5 Å². The zero-order valence-electron chi connectivity index (χ0n) is 14.2. The first-order chi connectivity index (χ1) is 12.1. The van der Waals surface area contributed by atoms with Crippen LogP contribution in [0.3, 0.4) is 0 Å². The molecule has 2 aromatic heterocycles. The minimum absolute atomic E-state index is 0.118. The molecule has 3 heterocycles. The third-order valence-corrected chi connectivity index (χ3v) is 4.40. The lowest BCUT2D eigenvalue weighted by atomic mass is 10.1. The summed E-state index contributed by atoms with van der Waals surface area (Å²) in [5.41, 5.74) is 4.71. The number of carbonyl (C=O) groups excluding carboxylic acids is 1. The lowest BCUT2D eigenvalue weighted by Crippen LogP contribution is -2.39. The molecule has 1 aliphatic rings. The standard InChI is InChI=1S/C18H19N5O2/c1-12-9-17-19-10-13-11-22(8-7-16(13)23(17)21-12)18(24)20-14-3-5-15(25-2)6-4-14/h3-6,9-10H,7-8,11H2,1-2H3,(H,20,24). The first kappa shape index (κ1) is 15.4. The zero-order chi connectivity index (χ0) is 17.4. The van der Waals surface area contributed by atoms with Crippen LogP contribution in [0.4, 0.5) is 10.5 Å². The number of hydrogen-bond acceptors (Lipinski definition) is 4. The number of urea groups is 1. The molecular formula is C18H19N5O2. The van der Waals surface area contributed by atoms with Crippen LogP contribution in [-0.4, -0.2) is 39.2 Å². The number of nitrogens with one attached hydrogen (secondary N) is 1. The van der Waals surface area contributed by atoms with Gasteiger partial charge in [0, 0.05) is 36.5 Å². The van der Waals surface area contributed by atoms with E-state index in [9.17, 15) is 4.79 Å². The summed E-state index contributed by atoms with van der Waals surface area (Å²) in [6, 6.07) is 9.14. The van der Waals surface area contributed by atoms with Gasteiger partial charge in [0.15, 0.2) is 5.65 Å². The Morgan fingerprint density at radius 1 is 1.28 bits per heavy atom. The van der Waals surface area contributed by atoms with E-state index < -0.39 is 0 Å². The maximum atomic E-state index is 12.5. The Morgan fingerprint density at radius 3 is 2.84 bits per heavy atom. The molecule has 1 aromatic carbocycles. The highest BCUT2D eigenvalue weighted by molar-refractivity contribution is 5.89. The Bertz CT molecular complexity index is 933. The Balaban J connectivity index is 1.51. The third-order valence-electron chi connectivity index (χ3n) is 4.40. The van der Waals surface area contributed by atoms with Crippen LogP contribution in [0.25, 0.3) is 5.65 Å². The number of nitrogens with zero attached hydrogens (tertiary/aromatic N) is 4. The maximum Gasteiger partial charge on any atom is 0.322 e. The van der Waals surface area contributed by atoms with Gasteiger partial charge in [0.1, 0.15) is 5.75 Å². The van der Waals surface area contributed by atoms with Crippen LogP contribution >= 0.6 is 0 Å². The molecule has 0 saturated heterocycles. The van der Waals surface area contributed by atoms with Gasteiger partial charge in [-0.2, -0.15) is 5.10 Å². The van der Waals surface area contributed by atoms with Crippen molar-refractivity contribution in [3.63, 3.8) is 0 Å². The van der Waals surface area contributed by atoms with Crippen LogP contribution in [0.5, 0.6) is 5.75 Å². The minimum atomic E-state index is -0.118. The zero-order valence-corrected chi connectivity index (χ0v) is 14.2. The van der Waals surface area contributed by atoms with E-state index in [4.69, 9.17) is 4.74 Å². The van der Waals surface area contributed by atoms with E-state index >= 15 is 0 Å². The van der Waals surface area contributed by atoms with E-state index in [1.807, 2.05) is 48.0 Å². The number of hydrogen-bond donors (Lipinski definition) is 1.